The summed E-state index contributed by atoms with van der Waals surface area (Å²) < 4.78 is 0. The normalized spacial score (nSPS) is 19.6. The van der Waals surface area contributed by atoms with Gasteiger partial charge in [-0.05, 0) is 49.8 Å². The Bertz CT molecular complexity index is 612. The molecule has 1 aromatic heterocycles. The van der Waals surface area contributed by atoms with Gasteiger partial charge in [0.25, 0.3) is 0 Å². The highest BCUT2D eigenvalue weighted by Gasteiger charge is 2.23. The Morgan fingerprint density at radius 2 is 2.30 bits per heavy atom. The predicted molar refractivity (Wildman–Crippen MR) is 87.9 cm³/mol. The molecule has 0 amide bonds. The van der Waals surface area contributed by atoms with Gasteiger partial charge in [-0.15, -0.1) is 23.1 Å². The number of thiazole rings is 1. The van der Waals surface area contributed by atoms with Gasteiger partial charge in [-0.2, -0.15) is 0 Å². The van der Waals surface area contributed by atoms with Crippen LogP contribution in [0.1, 0.15) is 41.7 Å². The fourth-order valence-electron chi connectivity index (χ4n) is 2.50. The van der Waals surface area contributed by atoms with E-state index in [1.807, 2.05) is 24.8 Å². The van der Waals surface area contributed by atoms with Crippen LogP contribution in [-0.4, -0.2) is 10.7 Å². The molecule has 0 radical (unpaired) electrons. The van der Waals surface area contributed by atoms with E-state index in [0.717, 1.165) is 27.9 Å². The van der Waals surface area contributed by atoms with Gasteiger partial charge in [0.2, 0.25) is 0 Å². The molecule has 0 fully saturated rings. The third kappa shape index (κ3) is 3.03. The van der Waals surface area contributed by atoms with Crippen molar-refractivity contribution in [3.8, 4) is 0 Å². The fourth-order valence-corrected chi connectivity index (χ4v) is 4.50. The van der Waals surface area contributed by atoms with Gasteiger partial charge in [0.1, 0.15) is 0 Å². The smallest absolute Gasteiger partial charge is 0.0898 e. The number of hydrogen-bond donors (Lipinski definition) is 1. The summed E-state index contributed by atoms with van der Waals surface area (Å²) in [7, 11) is 0. The van der Waals surface area contributed by atoms with E-state index >= 15 is 0 Å². The Hall–Kier alpha value is -0.550. The van der Waals surface area contributed by atoms with Crippen molar-refractivity contribution in [2.75, 3.05) is 5.75 Å². The summed E-state index contributed by atoms with van der Waals surface area (Å²) in [5.74, 6) is 1.15. The zero-order valence-corrected chi connectivity index (χ0v) is 13.9. The van der Waals surface area contributed by atoms with Gasteiger partial charge >= 0.3 is 0 Å². The molecule has 5 heteroatoms. The SMILES string of the molecule is Cc1nc(C(C)NC2CCSc3ccc(Cl)cc32)cs1. The van der Waals surface area contributed by atoms with Crippen molar-refractivity contribution in [3.63, 3.8) is 0 Å². The topological polar surface area (TPSA) is 24.9 Å². The van der Waals surface area contributed by atoms with Crippen LogP contribution in [0, 0.1) is 6.92 Å². The number of nitrogens with one attached hydrogen (secondary N) is 1. The van der Waals surface area contributed by atoms with Crippen molar-refractivity contribution in [1.82, 2.24) is 10.3 Å². The molecule has 1 aliphatic heterocycles. The van der Waals surface area contributed by atoms with Crippen molar-refractivity contribution < 1.29 is 0 Å². The summed E-state index contributed by atoms with van der Waals surface area (Å²) in [4.78, 5) is 5.92. The lowest BCUT2D eigenvalue weighted by Gasteiger charge is -2.28. The second kappa shape index (κ2) is 6.06. The maximum atomic E-state index is 6.15. The molecule has 2 aromatic rings. The Labute approximate surface area is 133 Å². The molecule has 2 atom stereocenters. The van der Waals surface area contributed by atoms with Crippen LogP contribution in [-0.2, 0) is 0 Å². The minimum Gasteiger partial charge on any atom is -0.302 e. The predicted octanol–water partition coefficient (Wildman–Crippen LogP) is 4.99. The lowest BCUT2D eigenvalue weighted by Crippen LogP contribution is -2.27. The highest BCUT2D eigenvalue weighted by atomic mass is 35.5. The van der Waals surface area contributed by atoms with E-state index in [1.165, 1.54) is 10.5 Å². The summed E-state index contributed by atoms with van der Waals surface area (Å²) >= 11 is 9.77. The molecule has 0 saturated heterocycles. The summed E-state index contributed by atoms with van der Waals surface area (Å²) in [6, 6.07) is 6.83. The highest BCUT2D eigenvalue weighted by molar-refractivity contribution is 7.99. The largest absolute Gasteiger partial charge is 0.302 e. The summed E-state index contributed by atoms with van der Waals surface area (Å²) in [5.41, 5.74) is 2.46. The quantitative estimate of drug-likeness (QED) is 0.860. The molecular formula is C15H17ClN2S2. The zero-order chi connectivity index (χ0) is 14.1. The lowest BCUT2D eigenvalue weighted by atomic mass is 10.0. The standard InChI is InChI=1S/C15H17ClN2S2/c1-9(14-8-20-10(2)18-14)17-13-5-6-19-15-4-3-11(16)7-12(13)15/h3-4,7-9,13,17H,5-6H2,1-2H3. The van der Waals surface area contributed by atoms with Gasteiger partial charge in [-0.1, -0.05) is 11.6 Å². The molecule has 2 unspecified atom stereocenters. The second-order valence-electron chi connectivity index (χ2n) is 5.05. The minimum atomic E-state index is 0.264. The molecule has 0 bridgehead atoms. The minimum absolute atomic E-state index is 0.264. The number of benzene rings is 1. The van der Waals surface area contributed by atoms with Crippen molar-refractivity contribution >= 4 is 34.7 Å². The molecule has 2 nitrogen and oxygen atoms in total. The van der Waals surface area contributed by atoms with Crippen LogP contribution >= 0.6 is 34.7 Å². The fraction of sp³-hybridized carbons (Fsp3) is 0.400. The molecule has 2 heterocycles. The first-order chi connectivity index (χ1) is 9.63. The van der Waals surface area contributed by atoms with Crippen LogP contribution in [0.25, 0.3) is 0 Å². The Morgan fingerprint density at radius 3 is 3.05 bits per heavy atom. The van der Waals surface area contributed by atoms with Crippen LogP contribution in [0.15, 0.2) is 28.5 Å². The van der Waals surface area contributed by atoms with E-state index in [0.29, 0.717) is 6.04 Å². The number of thioether (sulfide) groups is 1. The summed E-state index contributed by atoms with van der Waals surface area (Å²) in [6.45, 7) is 4.23. The first-order valence-corrected chi connectivity index (χ1v) is 8.98. The summed E-state index contributed by atoms with van der Waals surface area (Å²) in [6.07, 6.45) is 1.13. The van der Waals surface area contributed by atoms with Gasteiger partial charge in [0, 0.05) is 27.4 Å². The molecule has 1 aromatic carbocycles. The Balaban J connectivity index is 1.80. The molecular weight excluding hydrogens is 308 g/mol. The number of rotatable bonds is 3. The van der Waals surface area contributed by atoms with E-state index in [-0.39, 0.29) is 6.04 Å². The molecule has 0 aliphatic carbocycles. The number of nitrogens with zero attached hydrogens (tertiary/aromatic N) is 1. The van der Waals surface area contributed by atoms with E-state index < -0.39 is 0 Å². The number of aryl methyl sites for hydroxylation is 1. The molecule has 1 aliphatic rings. The highest BCUT2D eigenvalue weighted by Crippen LogP contribution is 2.38. The third-order valence-electron chi connectivity index (χ3n) is 3.54. The third-order valence-corrected chi connectivity index (χ3v) is 5.69. The van der Waals surface area contributed by atoms with Gasteiger partial charge in [0.05, 0.1) is 10.7 Å². The first-order valence-electron chi connectivity index (χ1n) is 6.74. The van der Waals surface area contributed by atoms with Crippen LogP contribution < -0.4 is 5.32 Å². The average Bonchev–Trinajstić information content (AvgIpc) is 2.86. The van der Waals surface area contributed by atoms with Gasteiger partial charge in [-0.25, -0.2) is 4.98 Å². The van der Waals surface area contributed by atoms with Gasteiger partial charge in [0.15, 0.2) is 0 Å². The molecule has 20 heavy (non-hydrogen) atoms. The van der Waals surface area contributed by atoms with E-state index in [2.05, 4.69) is 34.7 Å². The number of halogens is 1. The van der Waals surface area contributed by atoms with Crippen LogP contribution in [0.3, 0.4) is 0 Å². The lowest BCUT2D eigenvalue weighted by molar-refractivity contribution is 0.445. The molecule has 0 spiro atoms. The van der Waals surface area contributed by atoms with Crippen molar-refractivity contribution in [2.45, 2.75) is 37.2 Å². The van der Waals surface area contributed by atoms with Crippen molar-refractivity contribution in [2.24, 2.45) is 0 Å². The summed E-state index contributed by atoms with van der Waals surface area (Å²) in [5, 5.41) is 7.78. The van der Waals surface area contributed by atoms with E-state index in [9.17, 15) is 0 Å². The maximum Gasteiger partial charge on any atom is 0.0898 e. The molecule has 0 saturated carbocycles. The van der Waals surface area contributed by atoms with E-state index in [1.54, 1.807) is 11.3 Å². The monoisotopic (exact) mass is 324 g/mol. The second-order valence-corrected chi connectivity index (χ2v) is 7.69. The van der Waals surface area contributed by atoms with Crippen LogP contribution in [0.5, 0.6) is 0 Å². The molecule has 1 N–H and O–H groups in total. The van der Waals surface area contributed by atoms with Crippen LogP contribution in [0.4, 0.5) is 0 Å². The maximum absolute atomic E-state index is 6.15. The average molecular weight is 325 g/mol. The van der Waals surface area contributed by atoms with Crippen LogP contribution in [0.2, 0.25) is 5.02 Å². The van der Waals surface area contributed by atoms with Crippen molar-refractivity contribution in [3.05, 3.63) is 44.9 Å². The molecule has 3 rings (SSSR count). The molecule has 106 valence electrons. The van der Waals surface area contributed by atoms with E-state index in [4.69, 9.17) is 11.6 Å². The number of aromatic nitrogens is 1. The first kappa shape index (κ1) is 14.4. The van der Waals surface area contributed by atoms with Crippen molar-refractivity contribution in [1.29, 1.82) is 0 Å². The Kier molecular flexibility index (Phi) is 4.36. The number of hydrogen-bond acceptors (Lipinski definition) is 4. The van der Waals surface area contributed by atoms with Gasteiger partial charge < -0.3 is 5.32 Å². The van der Waals surface area contributed by atoms with Gasteiger partial charge in [-0.3, -0.25) is 0 Å². The zero-order valence-electron chi connectivity index (χ0n) is 11.5. The Morgan fingerprint density at radius 1 is 1.45 bits per heavy atom. The number of fused-ring (bicyclic) bond motifs is 1.